The Balaban J connectivity index is 2.28. The van der Waals surface area contributed by atoms with Crippen LogP contribution in [0.4, 0.5) is 0 Å². The van der Waals surface area contributed by atoms with E-state index in [4.69, 9.17) is 20.9 Å². The average molecular weight is 448 g/mol. The summed E-state index contributed by atoms with van der Waals surface area (Å²) in [5.41, 5.74) is 13.0. The van der Waals surface area contributed by atoms with Crippen LogP contribution in [0.5, 0.6) is 5.75 Å². The SMILES string of the molecule is CCS(=O)(=O)c1ccc(-c2ccc(CCC(=O)N=C(N)N)cc2OCCCOC)cc1. The normalized spacial score (nSPS) is 11.2. The van der Waals surface area contributed by atoms with Crippen molar-refractivity contribution in [3.63, 3.8) is 0 Å². The van der Waals surface area contributed by atoms with Crippen LogP contribution >= 0.6 is 0 Å². The van der Waals surface area contributed by atoms with E-state index in [1.54, 1.807) is 38.3 Å². The van der Waals surface area contributed by atoms with Gasteiger partial charge in [-0.1, -0.05) is 31.2 Å². The number of benzene rings is 2. The van der Waals surface area contributed by atoms with Crippen molar-refractivity contribution in [3.05, 3.63) is 48.0 Å². The monoisotopic (exact) mass is 447 g/mol. The Kier molecular flexibility index (Phi) is 9.02. The van der Waals surface area contributed by atoms with Crippen molar-refractivity contribution >= 4 is 21.7 Å². The number of methoxy groups -OCH3 is 1. The maximum Gasteiger partial charge on any atom is 0.249 e. The summed E-state index contributed by atoms with van der Waals surface area (Å²) in [6.45, 7) is 2.65. The molecule has 4 N–H and O–H groups in total. The molecule has 0 radical (unpaired) electrons. The topological polar surface area (TPSA) is 134 Å². The molecule has 9 heteroatoms. The molecule has 0 aromatic heterocycles. The van der Waals surface area contributed by atoms with Crippen LogP contribution in [0, 0.1) is 0 Å². The fourth-order valence-corrected chi connectivity index (χ4v) is 3.81. The van der Waals surface area contributed by atoms with Crippen LogP contribution in [-0.2, 0) is 25.8 Å². The number of hydrogen-bond donors (Lipinski definition) is 2. The number of carbonyl (C=O) groups is 1. The van der Waals surface area contributed by atoms with E-state index >= 15 is 0 Å². The fraction of sp³-hybridized carbons (Fsp3) is 0.364. The summed E-state index contributed by atoms with van der Waals surface area (Å²) in [7, 11) is -1.63. The summed E-state index contributed by atoms with van der Waals surface area (Å²) in [5, 5.41) is 0. The van der Waals surface area contributed by atoms with Gasteiger partial charge in [-0.25, -0.2) is 8.42 Å². The number of carbonyl (C=O) groups excluding carboxylic acids is 1. The zero-order valence-electron chi connectivity index (χ0n) is 17.8. The van der Waals surface area contributed by atoms with Gasteiger partial charge in [-0.2, -0.15) is 4.99 Å². The van der Waals surface area contributed by atoms with Crippen molar-refractivity contribution in [1.29, 1.82) is 0 Å². The summed E-state index contributed by atoms with van der Waals surface area (Å²) in [6.07, 6.45) is 1.35. The molecule has 0 saturated carbocycles. The Hall–Kier alpha value is -2.91. The Bertz CT molecular complexity index is 1010. The minimum absolute atomic E-state index is 0.0491. The molecule has 0 fully saturated rings. The van der Waals surface area contributed by atoms with Gasteiger partial charge in [-0.05, 0) is 35.7 Å². The second-order valence-corrected chi connectivity index (χ2v) is 9.16. The Labute approximate surface area is 183 Å². The number of aliphatic imine (C=N–C) groups is 1. The number of amides is 1. The number of rotatable bonds is 11. The third-order valence-electron chi connectivity index (χ3n) is 4.58. The van der Waals surface area contributed by atoms with Gasteiger partial charge in [0.15, 0.2) is 15.8 Å². The molecular formula is C22H29N3O5S. The van der Waals surface area contributed by atoms with Crippen molar-refractivity contribution in [1.82, 2.24) is 0 Å². The smallest absolute Gasteiger partial charge is 0.249 e. The number of guanidine groups is 1. The molecule has 31 heavy (non-hydrogen) atoms. The van der Waals surface area contributed by atoms with Crippen LogP contribution in [0.25, 0.3) is 11.1 Å². The summed E-state index contributed by atoms with van der Waals surface area (Å²) in [6, 6.07) is 12.4. The molecule has 8 nitrogen and oxygen atoms in total. The molecule has 0 aliphatic carbocycles. The first-order valence-corrected chi connectivity index (χ1v) is 11.6. The van der Waals surface area contributed by atoms with Crippen molar-refractivity contribution < 1.29 is 22.7 Å². The molecule has 0 aliphatic heterocycles. The van der Waals surface area contributed by atoms with Gasteiger partial charge in [0, 0.05) is 32.1 Å². The number of nitrogens with zero attached hydrogens (tertiary/aromatic N) is 1. The van der Waals surface area contributed by atoms with Gasteiger partial charge in [0.25, 0.3) is 0 Å². The molecule has 0 unspecified atom stereocenters. The number of aryl methyl sites for hydroxylation is 1. The minimum Gasteiger partial charge on any atom is -0.493 e. The standard InChI is InChI=1S/C22H29N3O5S/c1-3-31(27,28)18-9-7-17(8-10-18)19-11-5-16(6-12-21(26)25-22(23)24)15-20(19)30-14-4-13-29-2/h5,7-11,15H,3-4,6,12-14H2,1-2H3,(H4,23,24,25,26). The molecule has 0 heterocycles. The van der Waals surface area contributed by atoms with Gasteiger partial charge in [-0.15, -0.1) is 0 Å². The molecule has 0 aliphatic rings. The fourth-order valence-electron chi connectivity index (χ4n) is 2.93. The van der Waals surface area contributed by atoms with Crippen LogP contribution in [0.15, 0.2) is 52.4 Å². The molecule has 2 aromatic carbocycles. The maximum atomic E-state index is 12.1. The summed E-state index contributed by atoms with van der Waals surface area (Å²) in [5.74, 6) is 0.0532. The molecule has 0 saturated heterocycles. The molecule has 2 aromatic rings. The van der Waals surface area contributed by atoms with E-state index in [1.165, 1.54) is 0 Å². The highest BCUT2D eigenvalue weighted by atomic mass is 32.2. The van der Waals surface area contributed by atoms with Crippen molar-refractivity contribution in [2.45, 2.75) is 31.1 Å². The molecule has 0 bridgehead atoms. The van der Waals surface area contributed by atoms with Crippen LogP contribution < -0.4 is 16.2 Å². The quantitative estimate of drug-likeness (QED) is 0.307. The first kappa shape index (κ1) is 24.4. The van der Waals surface area contributed by atoms with E-state index in [2.05, 4.69) is 4.99 Å². The van der Waals surface area contributed by atoms with Gasteiger partial charge < -0.3 is 20.9 Å². The maximum absolute atomic E-state index is 12.1. The van der Waals surface area contributed by atoms with E-state index in [1.807, 2.05) is 18.2 Å². The number of ether oxygens (including phenoxy) is 2. The average Bonchev–Trinajstić information content (AvgIpc) is 2.75. The van der Waals surface area contributed by atoms with E-state index in [0.29, 0.717) is 25.4 Å². The van der Waals surface area contributed by atoms with Crippen molar-refractivity contribution in [3.8, 4) is 16.9 Å². The zero-order valence-corrected chi connectivity index (χ0v) is 18.7. The molecular weight excluding hydrogens is 418 g/mol. The number of sulfone groups is 1. The van der Waals surface area contributed by atoms with Gasteiger partial charge in [-0.3, -0.25) is 4.79 Å². The lowest BCUT2D eigenvalue weighted by Crippen LogP contribution is -2.24. The van der Waals surface area contributed by atoms with Gasteiger partial charge in [0.05, 0.1) is 17.3 Å². The highest BCUT2D eigenvalue weighted by Gasteiger charge is 2.13. The molecule has 2 rings (SSSR count). The molecule has 0 atom stereocenters. The largest absolute Gasteiger partial charge is 0.493 e. The summed E-state index contributed by atoms with van der Waals surface area (Å²) < 4.78 is 35.2. The van der Waals surface area contributed by atoms with Gasteiger partial charge in [0.2, 0.25) is 5.91 Å². The first-order valence-electron chi connectivity index (χ1n) is 9.97. The highest BCUT2D eigenvalue weighted by molar-refractivity contribution is 7.91. The van der Waals surface area contributed by atoms with Crippen molar-refractivity contribution in [2.24, 2.45) is 16.5 Å². The molecule has 168 valence electrons. The summed E-state index contributed by atoms with van der Waals surface area (Å²) >= 11 is 0. The van der Waals surface area contributed by atoms with Gasteiger partial charge in [0.1, 0.15) is 5.75 Å². The lowest BCUT2D eigenvalue weighted by Gasteiger charge is -2.14. The van der Waals surface area contributed by atoms with Crippen LogP contribution in [0.3, 0.4) is 0 Å². The number of hydrogen-bond acceptors (Lipinski definition) is 5. The predicted molar refractivity (Wildman–Crippen MR) is 121 cm³/mol. The van der Waals surface area contributed by atoms with E-state index < -0.39 is 9.84 Å². The predicted octanol–water partition coefficient (Wildman–Crippen LogP) is 2.30. The third-order valence-corrected chi connectivity index (χ3v) is 6.33. The van der Waals surface area contributed by atoms with E-state index in [0.717, 1.165) is 23.1 Å². The van der Waals surface area contributed by atoms with E-state index in [-0.39, 0.29) is 28.9 Å². The lowest BCUT2D eigenvalue weighted by atomic mass is 10.0. The Morgan fingerprint density at radius 3 is 2.39 bits per heavy atom. The minimum atomic E-state index is -3.26. The highest BCUT2D eigenvalue weighted by Crippen LogP contribution is 2.32. The number of nitrogens with two attached hydrogens (primary N) is 2. The Morgan fingerprint density at radius 2 is 1.77 bits per heavy atom. The zero-order chi connectivity index (χ0) is 22.9. The van der Waals surface area contributed by atoms with Crippen LogP contribution in [-0.4, -0.2) is 46.4 Å². The summed E-state index contributed by atoms with van der Waals surface area (Å²) in [4.78, 5) is 15.6. The lowest BCUT2D eigenvalue weighted by molar-refractivity contribution is -0.117. The van der Waals surface area contributed by atoms with Crippen LogP contribution in [0.1, 0.15) is 25.3 Å². The second-order valence-electron chi connectivity index (χ2n) is 6.88. The van der Waals surface area contributed by atoms with Gasteiger partial charge >= 0.3 is 0 Å². The molecule has 0 spiro atoms. The van der Waals surface area contributed by atoms with Crippen molar-refractivity contribution in [2.75, 3.05) is 26.1 Å². The third kappa shape index (κ3) is 7.37. The Morgan fingerprint density at radius 1 is 1.06 bits per heavy atom. The van der Waals surface area contributed by atoms with Crippen LogP contribution in [0.2, 0.25) is 0 Å². The second kappa shape index (κ2) is 11.5. The van der Waals surface area contributed by atoms with E-state index in [9.17, 15) is 13.2 Å². The molecule has 1 amide bonds. The first-order chi connectivity index (χ1) is 14.8.